The van der Waals surface area contributed by atoms with Gasteiger partial charge in [0.05, 0.1) is 12.2 Å². The highest BCUT2D eigenvalue weighted by molar-refractivity contribution is 5.68. The maximum Gasteiger partial charge on any atom is 0.410 e. The van der Waals surface area contributed by atoms with Crippen molar-refractivity contribution in [1.29, 1.82) is 0 Å². The maximum absolute atomic E-state index is 13.0. The fourth-order valence-electron chi connectivity index (χ4n) is 3.34. The van der Waals surface area contributed by atoms with E-state index < -0.39 is 5.60 Å². The number of hydrogen-bond donors (Lipinski definition) is 1. The van der Waals surface area contributed by atoms with E-state index in [0.29, 0.717) is 31.2 Å². The summed E-state index contributed by atoms with van der Waals surface area (Å²) in [5, 5.41) is 19.6. The summed E-state index contributed by atoms with van der Waals surface area (Å²) in [6.07, 6.45) is 0.491. The Bertz CT molecular complexity index is 1060. The zero-order chi connectivity index (χ0) is 22.7. The molecule has 0 radical (unpaired) electrons. The van der Waals surface area contributed by atoms with Crippen molar-refractivity contribution >= 4 is 11.8 Å². The van der Waals surface area contributed by atoms with Crippen molar-refractivity contribution < 1.29 is 18.3 Å². The lowest BCUT2D eigenvalue weighted by molar-refractivity contribution is 0.0292. The molecule has 1 amide bonds. The molecule has 10 heteroatoms. The number of amides is 1. The van der Waals surface area contributed by atoms with E-state index in [9.17, 15) is 9.18 Å². The molecule has 168 valence electrons. The van der Waals surface area contributed by atoms with E-state index in [0.717, 1.165) is 17.8 Å². The summed E-state index contributed by atoms with van der Waals surface area (Å²) >= 11 is 0. The number of halogens is 1. The molecule has 1 aliphatic heterocycles. The molecule has 3 aromatic rings. The first-order chi connectivity index (χ1) is 15.3. The minimum atomic E-state index is -0.520. The second-order valence-electron chi connectivity index (χ2n) is 8.62. The van der Waals surface area contributed by atoms with Crippen LogP contribution < -0.4 is 5.32 Å². The van der Waals surface area contributed by atoms with E-state index in [2.05, 4.69) is 25.7 Å². The van der Waals surface area contributed by atoms with Crippen LogP contribution >= 0.6 is 0 Å². The Labute approximate surface area is 185 Å². The lowest BCUT2D eigenvalue weighted by Gasteiger charge is -2.24. The van der Waals surface area contributed by atoms with Crippen LogP contribution in [-0.4, -0.2) is 50.1 Å². The van der Waals surface area contributed by atoms with E-state index >= 15 is 0 Å². The van der Waals surface area contributed by atoms with Crippen LogP contribution in [0.15, 0.2) is 40.8 Å². The van der Waals surface area contributed by atoms with Crippen molar-refractivity contribution in [3.8, 4) is 11.6 Å². The molecule has 9 nitrogen and oxygen atoms in total. The molecule has 1 N–H and O–H groups in total. The van der Waals surface area contributed by atoms with Crippen LogP contribution in [0.4, 0.5) is 14.9 Å². The molecule has 2 aromatic heterocycles. The molecule has 1 atom stereocenters. The first-order valence-electron chi connectivity index (χ1n) is 10.4. The minimum absolute atomic E-state index is 0.0993. The molecule has 1 fully saturated rings. The van der Waals surface area contributed by atoms with E-state index in [1.54, 1.807) is 23.1 Å². The largest absolute Gasteiger partial charge is 0.444 e. The normalized spacial score (nSPS) is 16.2. The minimum Gasteiger partial charge on any atom is -0.444 e. The predicted octanol–water partition coefficient (Wildman–Crippen LogP) is 4.00. The Morgan fingerprint density at radius 1 is 1.16 bits per heavy atom. The average molecular weight is 440 g/mol. The number of carbonyl (C=O) groups is 1. The zero-order valence-electron chi connectivity index (χ0n) is 18.2. The van der Waals surface area contributed by atoms with E-state index in [1.165, 1.54) is 12.1 Å². The number of likely N-dealkylation sites (tertiary alicyclic amines) is 1. The number of hydrogen-bond acceptors (Lipinski definition) is 8. The van der Waals surface area contributed by atoms with Crippen molar-refractivity contribution in [1.82, 2.24) is 25.3 Å². The molecule has 1 saturated heterocycles. The van der Waals surface area contributed by atoms with Crippen molar-refractivity contribution in [3.05, 3.63) is 53.8 Å². The van der Waals surface area contributed by atoms with Gasteiger partial charge < -0.3 is 19.4 Å². The molecule has 0 saturated carbocycles. The first-order valence-corrected chi connectivity index (χ1v) is 10.4. The molecule has 1 unspecified atom stereocenters. The SMILES string of the molecule is CC(C)(C)OC(=O)N1CCC(c2ccc(-c3nnc(CNc4ccc(F)cc4)o3)nn2)C1. The number of benzene rings is 1. The van der Waals surface area contributed by atoms with Gasteiger partial charge in [-0.2, -0.15) is 5.10 Å². The standard InChI is InChI=1S/C22H25FN6O3/c1-22(2,3)32-21(30)29-11-10-14(13-29)17-8-9-18(26-25-17)20-28-27-19(31-20)12-24-16-6-4-15(23)5-7-16/h4-9,14,24H,10-13H2,1-3H3. The van der Waals surface area contributed by atoms with Gasteiger partial charge in [-0.1, -0.05) is 0 Å². The van der Waals surface area contributed by atoms with Crippen LogP contribution in [0.25, 0.3) is 11.6 Å². The smallest absolute Gasteiger partial charge is 0.410 e. The molecule has 0 aliphatic carbocycles. The summed E-state index contributed by atoms with van der Waals surface area (Å²) in [6, 6.07) is 9.65. The molecule has 4 rings (SSSR count). The number of aromatic nitrogens is 4. The molecule has 3 heterocycles. The predicted molar refractivity (Wildman–Crippen MR) is 114 cm³/mol. The van der Waals surface area contributed by atoms with Gasteiger partial charge in [0, 0.05) is 24.7 Å². The van der Waals surface area contributed by atoms with Gasteiger partial charge in [-0.05, 0) is 63.6 Å². The third kappa shape index (κ3) is 5.37. The molecule has 0 bridgehead atoms. The van der Waals surface area contributed by atoms with E-state index in [-0.39, 0.29) is 23.7 Å². The van der Waals surface area contributed by atoms with Crippen molar-refractivity contribution in [3.63, 3.8) is 0 Å². The molecule has 0 spiro atoms. The first kappa shape index (κ1) is 21.7. The lowest BCUT2D eigenvalue weighted by atomic mass is 10.0. The van der Waals surface area contributed by atoms with Crippen LogP contribution in [0.3, 0.4) is 0 Å². The van der Waals surface area contributed by atoms with Gasteiger partial charge in [-0.15, -0.1) is 15.3 Å². The molecule has 32 heavy (non-hydrogen) atoms. The Morgan fingerprint density at radius 3 is 2.62 bits per heavy atom. The van der Waals surface area contributed by atoms with Crippen molar-refractivity contribution in [2.24, 2.45) is 0 Å². The van der Waals surface area contributed by atoms with Crippen LogP contribution in [0, 0.1) is 5.82 Å². The Balaban J connectivity index is 1.34. The van der Waals surface area contributed by atoms with Crippen molar-refractivity contribution in [2.45, 2.75) is 45.3 Å². The van der Waals surface area contributed by atoms with Crippen LogP contribution in [0.1, 0.15) is 44.7 Å². The van der Waals surface area contributed by atoms with Gasteiger partial charge in [-0.25, -0.2) is 9.18 Å². The molecule has 1 aromatic carbocycles. The number of rotatable bonds is 5. The van der Waals surface area contributed by atoms with Crippen LogP contribution in [-0.2, 0) is 11.3 Å². The van der Waals surface area contributed by atoms with Gasteiger partial charge in [0.2, 0.25) is 5.89 Å². The zero-order valence-corrected chi connectivity index (χ0v) is 18.2. The second kappa shape index (κ2) is 8.89. The monoisotopic (exact) mass is 440 g/mol. The quantitative estimate of drug-likeness (QED) is 0.634. The highest BCUT2D eigenvalue weighted by atomic mass is 19.1. The Morgan fingerprint density at radius 2 is 1.94 bits per heavy atom. The lowest BCUT2D eigenvalue weighted by Crippen LogP contribution is -2.35. The summed E-state index contributed by atoms with van der Waals surface area (Å²) in [5.41, 5.74) is 1.50. The highest BCUT2D eigenvalue weighted by Crippen LogP contribution is 2.27. The van der Waals surface area contributed by atoms with E-state index in [1.807, 2.05) is 26.8 Å². The van der Waals surface area contributed by atoms with Gasteiger partial charge in [0.1, 0.15) is 17.1 Å². The van der Waals surface area contributed by atoms with Crippen LogP contribution in [0.2, 0.25) is 0 Å². The van der Waals surface area contributed by atoms with Gasteiger partial charge >= 0.3 is 6.09 Å². The highest BCUT2D eigenvalue weighted by Gasteiger charge is 2.31. The van der Waals surface area contributed by atoms with Gasteiger partial charge in [-0.3, -0.25) is 0 Å². The van der Waals surface area contributed by atoms with Gasteiger partial charge in [0.25, 0.3) is 5.89 Å². The van der Waals surface area contributed by atoms with E-state index in [4.69, 9.17) is 9.15 Å². The second-order valence-corrected chi connectivity index (χ2v) is 8.62. The van der Waals surface area contributed by atoms with Crippen molar-refractivity contribution in [2.75, 3.05) is 18.4 Å². The van der Waals surface area contributed by atoms with Gasteiger partial charge in [0.15, 0.2) is 0 Å². The fourth-order valence-corrected chi connectivity index (χ4v) is 3.34. The number of nitrogens with zero attached hydrogens (tertiary/aromatic N) is 5. The maximum atomic E-state index is 13.0. The fraction of sp³-hybridized carbons (Fsp3) is 0.409. The topological polar surface area (TPSA) is 106 Å². The average Bonchev–Trinajstić information content (AvgIpc) is 3.42. The summed E-state index contributed by atoms with van der Waals surface area (Å²) in [6.45, 7) is 7.02. The number of nitrogens with one attached hydrogen (secondary N) is 1. The number of ether oxygens (including phenoxy) is 1. The Kier molecular flexibility index (Phi) is 6.02. The summed E-state index contributed by atoms with van der Waals surface area (Å²) in [5.74, 6) is 0.441. The number of anilines is 1. The summed E-state index contributed by atoms with van der Waals surface area (Å²) in [7, 11) is 0. The Hall–Kier alpha value is -3.56. The molecule has 1 aliphatic rings. The summed E-state index contributed by atoms with van der Waals surface area (Å²) < 4.78 is 24.1. The number of carbonyl (C=O) groups excluding carboxylic acids is 1. The molecular weight excluding hydrogens is 415 g/mol. The molecular formula is C22H25FN6O3. The third-order valence-corrected chi connectivity index (χ3v) is 4.92. The third-order valence-electron chi connectivity index (χ3n) is 4.92. The summed E-state index contributed by atoms with van der Waals surface area (Å²) in [4.78, 5) is 14.0. The van der Waals surface area contributed by atoms with Crippen LogP contribution in [0.5, 0.6) is 0 Å².